The number of nitrogens with zero attached hydrogens (tertiary/aromatic N) is 7. The number of carbonyl (C=O) groups is 2. The number of nitrogens with one attached hydrogen (secondary N) is 6. The Hall–Kier alpha value is -6.38. The highest BCUT2D eigenvalue weighted by molar-refractivity contribution is 9.11. The lowest BCUT2D eigenvalue weighted by Gasteiger charge is -2.40. The number of anilines is 2. The average molecular weight is 1540 g/mol. The Balaban J connectivity index is 0.000000129. The van der Waals surface area contributed by atoms with E-state index < -0.39 is 7.12 Å². The molecule has 26 heteroatoms. The van der Waals surface area contributed by atoms with Gasteiger partial charge in [0.05, 0.1) is 72.8 Å². The minimum atomic E-state index is -0.449. The van der Waals surface area contributed by atoms with Crippen LogP contribution in [0.15, 0.2) is 90.1 Å². The topological polar surface area (TPSA) is 266 Å². The van der Waals surface area contributed by atoms with Crippen LogP contribution in [-0.2, 0) is 9.31 Å². The molecule has 6 saturated carbocycles. The average Bonchev–Trinajstić information content (AvgIpc) is 1.37. The third kappa shape index (κ3) is 15.6. The molecular weight excluding hydrogens is 1440 g/mol. The van der Waals surface area contributed by atoms with Gasteiger partial charge in [0.25, 0.3) is 28.5 Å². The molecule has 0 radical (unpaired) electrons. The number of hydrogen-bond acceptors (Lipinski definition) is 14. The Labute approximate surface area is 613 Å². The summed E-state index contributed by atoms with van der Waals surface area (Å²) < 4.78 is 18.9. The number of aromatic nitrogens is 8. The van der Waals surface area contributed by atoms with Crippen molar-refractivity contribution >= 4 is 125 Å². The lowest BCUT2D eigenvalue weighted by molar-refractivity contribution is 0.00578. The molecule has 100 heavy (non-hydrogen) atoms. The quantitative estimate of drug-likeness (QED) is 0.0443. The summed E-state index contributed by atoms with van der Waals surface area (Å²) in [4.78, 5) is 85.5. The van der Waals surface area contributed by atoms with Crippen molar-refractivity contribution in [3.05, 3.63) is 135 Å². The molecule has 21 nitrogen and oxygen atoms in total. The van der Waals surface area contributed by atoms with Gasteiger partial charge in [-0.25, -0.2) is 15.0 Å². The van der Waals surface area contributed by atoms with Crippen LogP contribution in [0, 0.1) is 0 Å². The largest absolute Gasteiger partial charge is 0.512 e. The molecule has 8 aromatic rings. The van der Waals surface area contributed by atoms with Crippen LogP contribution >= 0.6 is 55.9 Å². The number of fused-ring (bicyclic) bond motifs is 5. The molecule has 2 amide bonds. The van der Waals surface area contributed by atoms with Crippen LogP contribution in [0.5, 0.6) is 0 Å². The van der Waals surface area contributed by atoms with Crippen molar-refractivity contribution < 1.29 is 18.9 Å². The van der Waals surface area contributed by atoms with E-state index in [4.69, 9.17) is 36.6 Å². The van der Waals surface area contributed by atoms with Crippen LogP contribution in [0.1, 0.15) is 242 Å². The van der Waals surface area contributed by atoms with Crippen molar-refractivity contribution in [3.8, 4) is 11.3 Å². The van der Waals surface area contributed by atoms with Crippen LogP contribution in [0.2, 0.25) is 5.28 Å². The van der Waals surface area contributed by atoms with Gasteiger partial charge in [-0.05, 0) is 264 Å². The summed E-state index contributed by atoms with van der Waals surface area (Å²) >= 11 is 12.9. The van der Waals surface area contributed by atoms with Crippen molar-refractivity contribution in [2.24, 2.45) is 5.73 Å². The predicted octanol–water partition coefficient (Wildman–Crippen LogP) is 14.7. The second-order valence-electron chi connectivity index (χ2n) is 30.2. The Kier molecular flexibility index (Phi) is 22.0. The molecule has 6 aliphatic carbocycles. The van der Waals surface area contributed by atoms with Gasteiger partial charge in [0, 0.05) is 66.2 Å². The molecular formula is C74H97BBr2Cl2N14O7. The van der Waals surface area contributed by atoms with E-state index >= 15 is 0 Å². The van der Waals surface area contributed by atoms with E-state index in [-0.39, 0.29) is 98.2 Å². The van der Waals surface area contributed by atoms with E-state index in [1.165, 1.54) is 51.7 Å². The van der Waals surface area contributed by atoms with Gasteiger partial charge in [-0.1, -0.05) is 45.0 Å². The maximum atomic E-state index is 13.5. The maximum Gasteiger partial charge on any atom is 0.512 e. The number of hydrogen-bond donors (Lipinski definition) is 7. The maximum absolute atomic E-state index is 13.5. The van der Waals surface area contributed by atoms with E-state index in [1.54, 1.807) is 10.6 Å². The van der Waals surface area contributed by atoms with Crippen LogP contribution in [0.3, 0.4) is 0 Å². The van der Waals surface area contributed by atoms with Crippen LogP contribution in [0.4, 0.5) is 11.9 Å². The van der Waals surface area contributed by atoms with E-state index in [0.29, 0.717) is 50.3 Å². The standard InChI is InChI=1S/C23H25N5O2.C16H18BrN3O.C13H19BN2O3.C11H8BrClN2O.C6H15N.C5H11N.ClH/c1-12-18-16(20(29)24-12)11-17(25-18)14-5-3-6-15-19(14)26-22(27-23(2)9-4-10-23)28(21(15)30)13-7-8-13;1-16(8-3-9-16)19-15-18-13-11(4-2-5-12(13)17)14(21)20(15)10-6-7-10;1-7-10-8(11(17)15-7)6-9(16-10)14-18-12(2,3)13(4,5)19-14;12-8-3-1-2-7-9(8)14-11(13)15(10(7)16)6-4-5-6;1-4-7(5-2)6-3;1-5(6)3-2-4-5;/h3,5-6,11-13,25H,4,7-10H2,1-2H3,(H,24,29)(H,26,27);2,4-5,10H,3,6-9H2,1H3,(H,18,19);6-7,16H,1-5H3,(H,15,17);1-3,6H,4-5H2;4-6H2,1-3H3;2-4,6H2,1H3;1H/t12-;;7-;;;;/m1.1..../s1. The zero-order valence-corrected chi connectivity index (χ0v) is 64.4. The van der Waals surface area contributed by atoms with E-state index in [9.17, 15) is 24.0 Å². The molecule has 8 heterocycles. The molecule has 1 saturated heterocycles. The number of carbonyl (C=O) groups excluding carboxylic acids is 2. The fourth-order valence-corrected chi connectivity index (χ4v) is 14.7. The van der Waals surface area contributed by atoms with Gasteiger partial charge >= 0.3 is 7.12 Å². The summed E-state index contributed by atoms with van der Waals surface area (Å²) in [6, 6.07) is 21.4. The van der Waals surface area contributed by atoms with Gasteiger partial charge in [-0.3, -0.25) is 37.7 Å². The van der Waals surface area contributed by atoms with Crippen molar-refractivity contribution in [2.45, 2.75) is 237 Å². The zero-order valence-electron chi connectivity index (χ0n) is 59.7. The van der Waals surface area contributed by atoms with E-state index in [1.807, 2.05) is 111 Å². The molecule has 9 aliphatic rings. The first kappa shape index (κ1) is 74.8. The molecule has 3 aliphatic heterocycles. The summed E-state index contributed by atoms with van der Waals surface area (Å²) in [5.74, 6) is 1.31. The molecule has 17 rings (SSSR count). The smallest absolute Gasteiger partial charge is 0.398 e. The normalized spacial score (nSPS) is 21.0. The molecule has 7 fully saturated rings. The molecule has 0 bridgehead atoms. The zero-order chi connectivity index (χ0) is 70.8. The summed E-state index contributed by atoms with van der Waals surface area (Å²) in [6.07, 6.45) is 16.9. The van der Waals surface area contributed by atoms with E-state index in [2.05, 4.69) is 115 Å². The lowest BCUT2D eigenvalue weighted by atomic mass is 9.79. The second-order valence-corrected chi connectivity index (χ2v) is 32.2. The van der Waals surface area contributed by atoms with Crippen molar-refractivity contribution in [1.29, 1.82) is 0 Å². The summed E-state index contributed by atoms with van der Waals surface area (Å²) in [7, 11) is -0.449. The first-order chi connectivity index (χ1) is 47.0. The SMILES string of the molecule is CC1(N)CCC1.CC1(Nc2nc3c(Br)cccc3c(=O)n2C2CC2)CCC1.CCN(CC)CC.C[C@H]1NC(=O)c2cc(-c3cccc4c(=O)n(C5CC5)c(NC5(C)CCC5)nc34)[nH]c21.C[C@H]1NC(=O)c2cc(B3OC(C)(C)C(C)(C)O3)[nH]c21.Cl.O=c1c2cccc(Br)c2nc(Cl)n1C1CC1. The number of benzene rings is 3. The number of aromatic amines is 2. The predicted molar refractivity (Wildman–Crippen MR) is 410 cm³/mol. The molecule has 3 aromatic carbocycles. The lowest BCUT2D eigenvalue weighted by Crippen LogP contribution is -2.43. The summed E-state index contributed by atoms with van der Waals surface area (Å²) in [6.45, 7) is 28.6. The molecule has 2 atom stereocenters. The molecule has 536 valence electrons. The van der Waals surface area contributed by atoms with Crippen LogP contribution in [0.25, 0.3) is 44.0 Å². The van der Waals surface area contributed by atoms with Gasteiger partial charge in [-0.15, -0.1) is 12.4 Å². The number of nitrogens with two attached hydrogens (primary N) is 1. The number of halogens is 4. The summed E-state index contributed by atoms with van der Waals surface area (Å²) in [5.41, 5.74) is 12.9. The van der Waals surface area contributed by atoms with Gasteiger partial charge < -0.3 is 51.2 Å². The highest BCUT2D eigenvalue weighted by Crippen LogP contribution is 2.44. The minimum Gasteiger partial charge on any atom is -0.398 e. The fraction of sp³-hybridized carbons (Fsp3) is 0.541. The number of para-hydroxylation sites is 3. The second kappa shape index (κ2) is 29.4. The van der Waals surface area contributed by atoms with Gasteiger partial charge in [0.15, 0.2) is 0 Å². The fourth-order valence-electron chi connectivity index (χ4n) is 13.5. The Morgan fingerprint density at radius 1 is 0.570 bits per heavy atom. The highest BCUT2D eigenvalue weighted by Gasteiger charge is 2.53. The van der Waals surface area contributed by atoms with Crippen molar-refractivity contribution in [1.82, 2.24) is 54.2 Å². The Bertz CT molecular complexity index is 4550. The van der Waals surface area contributed by atoms with Crippen molar-refractivity contribution in [3.63, 3.8) is 0 Å². The Morgan fingerprint density at radius 3 is 1.35 bits per heavy atom. The molecule has 8 N–H and O–H groups in total. The van der Waals surface area contributed by atoms with Crippen LogP contribution < -0.4 is 49.3 Å². The third-order valence-electron chi connectivity index (χ3n) is 21.5. The molecule has 0 unspecified atom stereocenters. The highest BCUT2D eigenvalue weighted by atomic mass is 79.9. The molecule has 5 aromatic heterocycles. The van der Waals surface area contributed by atoms with Gasteiger partial charge in [0.2, 0.25) is 17.2 Å². The number of amides is 2. The van der Waals surface area contributed by atoms with Crippen LogP contribution in [-0.4, -0.2) is 110 Å². The Morgan fingerprint density at radius 2 is 0.960 bits per heavy atom. The third-order valence-corrected chi connectivity index (χ3v) is 23.1. The van der Waals surface area contributed by atoms with Gasteiger partial charge in [-0.2, -0.15) is 0 Å². The monoisotopic (exact) mass is 1530 g/mol. The number of H-pyrrole nitrogens is 2. The minimum absolute atomic E-state index is 0. The van der Waals surface area contributed by atoms with E-state index in [0.717, 1.165) is 113 Å². The summed E-state index contributed by atoms with van der Waals surface area (Å²) in [5, 5.41) is 15.1. The first-order valence-electron chi connectivity index (χ1n) is 35.6. The first-order valence-corrected chi connectivity index (χ1v) is 37.6. The van der Waals surface area contributed by atoms with Gasteiger partial charge in [0.1, 0.15) is 0 Å². The molecule has 0 spiro atoms. The number of rotatable bonds is 12. The van der Waals surface area contributed by atoms with Crippen molar-refractivity contribution in [2.75, 3.05) is 30.3 Å².